The Morgan fingerprint density at radius 1 is 0.622 bits per heavy atom. The molecule has 9 rings (SSSR count). The van der Waals surface area contributed by atoms with Crippen molar-refractivity contribution in [3.8, 4) is 11.5 Å². The van der Waals surface area contributed by atoms with E-state index in [1.807, 2.05) is 59.0 Å². The number of nitrogens with two attached hydrogens (primary N) is 1. The van der Waals surface area contributed by atoms with Crippen molar-refractivity contribution < 1.29 is 117 Å². The summed E-state index contributed by atoms with van der Waals surface area (Å²) in [5.74, 6) is -6.11. The number of nitrogens with one attached hydrogen (secondary N) is 1. The molecule has 5 aliphatic rings. The lowest BCUT2D eigenvalue weighted by Crippen LogP contribution is -2.34. The second kappa shape index (κ2) is 39.6. The van der Waals surface area contributed by atoms with E-state index in [1.54, 1.807) is 19.2 Å². The Balaban J connectivity index is 0.000000266. The third-order valence-corrected chi connectivity index (χ3v) is 26.0. The highest BCUT2D eigenvalue weighted by molar-refractivity contribution is 14.1. The monoisotopic (exact) mass is 1720 g/mol. The minimum atomic E-state index is -4.19. The van der Waals surface area contributed by atoms with E-state index in [4.69, 9.17) is 58.3 Å². The number of methoxy groups -OCH3 is 5. The average molecular weight is 1730 g/mol. The number of sulfonamides is 1. The summed E-state index contributed by atoms with van der Waals surface area (Å²) in [6.45, 7) is 5.94. The van der Waals surface area contributed by atoms with Crippen LogP contribution in [0.1, 0.15) is 132 Å². The first kappa shape index (κ1) is 87.2. The van der Waals surface area contributed by atoms with Crippen molar-refractivity contribution in [1.82, 2.24) is 0 Å². The molecular formula is C63H89ClF6I2N2O20S4. The van der Waals surface area contributed by atoms with Crippen LogP contribution in [0, 0.1) is 42.0 Å². The zero-order valence-electron chi connectivity index (χ0n) is 55.4. The minimum absolute atomic E-state index is 0.0237. The molecule has 1 heterocycles. The topological polar surface area (TPSA) is 333 Å². The highest BCUT2D eigenvalue weighted by atomic mass is 127. The Labute approximate surface area is 602 Å². The Morgan fingerprint density at radius 2 is 1.06 bits per heavy atom. The maximum atomic E-state index is 14.8. The van der Waals surface area contributed by atoms with E-state index in [0.29, 0.717) is 51.6 Å². The van der Waals surface area contributed by atoms with Gasteiger partial charge in [-0.2, -0.15) is 16.8 Å². The standard InChI is InChI=1S/C20H21F3INO5S.C14H11F3INO.C11H22O5S.C7H13ClO4S.C7H14O3S.C4H8O2/c1-30-17-8-16(22)18(23)14(6-11-2-3-12(24)7-15(11)21)19(17)25-31(28,29)20(4-5-20)9-13(27)10-26;1-20-12-6-11(16)13(17)9(14(12)19)4-7-2-3-8(18)5-10(7)15;1-3-4-7-16-17(13,14)11(5-6-11)8-10(12)9-15-2;1-12-5-6(9)4-7(2-3-7)13(8,10)11;1-2-3-6-10-11(8,9)7-4-5-7;1-5-2-4-3-6-4/h2-3,7-8,13,25-27H,4-6,9-10H2,1H3;2-3,5-6H,4,19H2,1H3;10,12H,3-9H2,1-2H3;6,9H,2-5H2,1H3;7H,2-6H2,1H3;4H,2-3H2,1H3/t13-;;10-;6-;;4-/m0.00.1/s1. The van der Waals surface area contributed by atoms with Crippen molar-refractivity contribution in [2.24, 2.45) is 0 Å². The summed E-state index contributed by atoms with van der Waals surface area (Å²) in [5.41, 5.74) is 5.15. The van der Waals surface area contributed by atoms with Crippen LogP contribution in [0.15, 0.2) is 48.5 Å². The summed E-state index contributed by atoms with van der Waals surface area (Å²) in [4.78, 5) is 0. The van der Waals surface area contributed by atoms with Gasteiger partial charge in [-0.05, 0) is 164 Å². The number of anilines is 2. The van der Waals surface area contributed by atoms with Crippen LogP contribution in [0.3, 0.4) is 0 Å². The first-order valence-electron chi connectivity index (χ1n) is 31.2. The molecule has 558 valence electrons. The summed E-state index contributed by atoms with van der Waals surface area (Å²) in [5, 5.41) is 37.6. The largest absolute Gasteiger partial charge is 0.494 e. The summed E-state index contributed by atoms with van der Waals surface area (Å²) in [7, 11) is -2.10. The molecule has 1 aliphatic heterocycles. The number of epoxide rings is 1. The number of benzene rings is 4. The van der Waals surface area contributed by atoms with Crippen molar-refractivity contribution in [3.05, 3.63) is 113 Å². The van der Waals surface area contributed by atoms with E-state index >= 15 is 0 Å². The number of hydrogen-bond donors (Lipinski definition) is 6. The molecule has 0 bridgehead atoms. The molecule has 4 atom stereocenters. The molecular weight excluding hydrogens is 1640 g/mol. The van der Waals surface area contributed by atoms with Gasteiger partial charge in [0.15, 0.2) is 23.3 Å². The fraction of sp³-hybridized carbons (Fsp3) is 0.619. The zero-order valence-corrected chi connectivity index (χ0v) is 63.7. The summed E-state index contributed by atoms with van der Waals surface area (Å²) in [6.07, 6.45) is 4.96. The molecule has 0 aromatic heterocycles. The number of halogens is 9. The first-order valence-corrected chi connectivity index (χ1v) is 40.0. The summed E-state index contributed by atoms with van der Waals surface area (Å²) >= 11 is 3.87. The van der Waals surface area contributed by atoms with E-state index < -0.39 is 125 Å². The van der Waals surface area contributed by atoms with E-state index in [2.05, 4.69) is 4.72 Å². The van der Waals surface area contributed by atoms with Gasteiger partial charge in [0.2, 0.25) is 19.1 Å². The Hall–Kier alpha value is -3.19. The average Bonchev–Trinajstić information content (AvgIpc) is 1.65. The highest BCUT2D eigenvalue weighted by Crippen LogP contribution is 2.51. The molecule has 35 heteroatoms. The number of aliphatic hydroxyl groups excluding tert-OH is 4. The van der Waals surface area contributed by atoms with Gasteiger partial charge in [0.05, 0.1) is 105 Å². The normalized spacial score (nSPS) is 17.7. The molecule has 4 aromatic carbocycles. The lowest BCUT2D eigenvalue weighted by atomic mass is 10.0. The number of nitrogen functional groups attached to an aromatic ring is 1. The number of unbranched alkanes of at least 4 members (excludes halogenated alkanes) is 2. The molecule has 22 nitrogen and oxygen atoms in total. The van der Waals surface area contributed by atoms with Gasteiger partial charge in [-0.3, -0.25) is 13.1 Å². The van der Waals surface area contributed by atoms with Gasteiger partial charge in [-0.25, -0.2) is 43.2 Å². The van der Waals surface area contributed by atoms with Gasteiger partial charge in [-0.15, -0.1) is 0 Å². The number of hydrogen-bond acceptors (Lipinski definition) is 21. The third kappa shape index (κ3) is 26.5. The molecule has 5 fully saturated rings. The van der Waals surface area contributed by atoms with E-state index in [-0.39, 0.29) is 103 Å². The Bertz CT molecular complexity index is 3690. The lowest BCUT2D eigenvalue weighted by molar-refractivity contribution is 0.0566. The van der Waals surface area contributed by atoms with E-state index in [0.717, 1.165) is 57.8 Å². The van der Waals surface area contributed by atoms with E-state index in [1.165, 1.54) is 52.7 Å². The molecule has 4 saturated carbocycles. The second-order valence-electron chi connectivity index (χ2n) is 24.0. The Kier molecular flexibility index (Phi) is 35.3. The van der Waals surface area contributed by atoms with Gasteiger partial charge in [0.25, 0.3) is 20.2 Å². The fourth-order valence-electron chi connectivity index (χ4n) is 9.58. The highest BCUT2D eigenvalue weighted by Gasteiger charge is 2.57. The molecule has 0 amide bonds. The van der Waals surface area contributed by atoms with Crippen LogP contribution in [0.25, 0.3) is 0 Å². The fourth-order valence-corrected chi connectivity index (χ4v) is 16.7. The molecule has 4 aliphatic carbocycles. The van der Waals surface area contributed by atoms with Crippen molar-refractivity contribution in [3.63, 3.8) is 0 Å². The number of ether oxygens (including phenoxy) is 6. The summed E-state index contributed by atoms with van der Waals surface area (Å²) in [6, 6.07) is 10.3. The zero-order chi connectivity index (χ0) is 73.6. The SMILES string of the molecule is CCCCOS(=O)(=O)C1(C[C@H](O)COC)CC1.CCCCOS(=O)(=O)C1CC1.COC[C@@H](O)CC1(S(=O)(=O)Cl)CC1.COC[C@@H]1CO1.COc1cc(F)c(F)c(Cc2ccc(I)cc2F)c1N.COc1cc(F)c(F)c(Cc2ccc(I)cc2F)c1NS(=O)(=O)C1(C[C@H](O)CO)CC1. The van der Waals surface area contributed by atoms with Crippen molar-refractivity contribution in [2.45, 2.75) is 167 Å². The van der Waals surface area contributed by atoms with Gasteiger partial charge in [-0.1, -0.05) is 38.8 Å². The van der Waals surface area contributed by atoms with Crippen LogP contribution in [0.2, 0.25) is 0 Å². The predicted molar refractivity (Wildman–Crippen MR) is 374 cm³/mol. The van der Waals surface area contributed by atoms with Crippen LogP contribution >= 0.6 is 55.9 Å². The maximum absolute atomic E-state index is 14.8. The third-order valence-electron chi connectivity index (χ3n) is 16.0. The lowest BCUT2D eigenvalue weighted by Gasteiger charge is -2.23. The van der Waals surface area contributed by atoms with Crippen molar-refractivity contribution in [2.75, 3.05) is 92.3 Å². The van der Waals surface area contributed by atoms with Crippen LogP contribution < -0.4 is 19.9 Å². The molecule has 4 aromatic rings. The molecule has 7 N–H and O–H groups in total. The van der Waals surface area contributed by atoms with Crippen LogP contribution in [-0.4, -0.2) is 180 Å². The van der Waals surface area contributed by atoms with Crippen molar-refractivity contribution >= 4 is 107 Å². The van der Waals surface area contributed by atoms with E-state index in [9.17, 15) is 75.3 Å². The predicted octanol–water partition coefficient (Wildman–Crippen LogP) is 10.1. The van der Waals surface area contributed by atoms with Crippen molar-refractivity contribution in [1.29, 1.82) is 0 Å². The van der Waals surface area contributed by atoms with Gasteiger partial charge < -0.3 is 54.6 Å². The smallest absolute Gasteiger partial charge is 0.273 e. The molecule has 0 unspecified atom stereocenters. The van der Waals surface area contributed by atoms with Gasteiger partial charge >= 0.3 is 0 Å². The molecule has 1 saturated heterocycles. The van der Waals surface area contributed by atoms with Gasteiger partial charge in [0.1, 0.15) is 34.0 Å². The Morgan fingerprint density at radius 3 is 1.45 bits per heavy atom. The second-order valence-corrected chi connectivity index (χ2v) is 35.4. The van der Waals surface area contributed by atoms with Crippen LogP contribution in [0.4, 0.5) is 37.7 Å². The molecule has 98 heavy (non-hydrogen) atoms. The van der Waals surface area contributed by atoms with Gasteiger partial charge in [0, 0.05) is 75.3 Å². The van der Waals surface area contributed by atoms with Crippen LogP contribution in [-0.2, 0) is 79.5 Å². The quantitative estimate of drug-likeness (QED) is 0.00491. The maximum Gasteiger partial charge on any atom is 0.273 e. The summed E-state index contributed by atoms with van der Waals surface area (Å²) < 4.78 is 218. The van der Waals surface area contributed by atoms with Crippen LogP contribution in [0.5, 0.6) is 11.5 Å². The number of aliphatic hydroxyl groups is 4. The molecule has 0 radical (unpaired) electrons. The number of rotatable bonds is 33. The molecule has 0 spiro atoms. The first-order chi connectivity index (χ1) is 45.9. The minimum Gasteiger partial charge on any atom is -0.494 e.